The van der Waals surface area contributed by atoms with Gasteiger partial charge in [0.25, 0.3) is 0 Å². The van der Waals surface area contributed by atoms with Crippen molar-refractivity contribution in [3.63, 3.8) is 0 Å². The van der Waals surface area contributed by atoms with Crippen molar-refractivity contribution in [2.75, 3.05) is 32.7 Å². The molecule has 1 atom stereocenters. The number of nitrogens with one attached hydrogen (secondary N) is 1. The molecule has 2 nitrogen and oxygen atoms in total. The molecule has 1 N–H and O–H groups in total. The third-order valence-corrected chi connectivity index (χ3v) is 4.44. The monoisotopic (exact) mass is 224 g/mol. The molecule has 2 aliphatic heterocycles. The first-order valence-corrected chi connectivity index (χ1v) is 7.33. The molecular formula is C14H28N2. The lowest BCUT2D eigenvalue weighted by Crippen LogP contribution is -2.33. The van der Waals surface area contributed by atoms with Gasteiger partial charge in [-0.25, -0.2) is 0 Å². The minimum Gasteiger partial charge on any atom is -0.317 e. The number of unbranched alkanes of at least 4 members (excludes halogenated alkanes) is 2. The van der Waals surface area contributed by atoms with Crippen LogP contribution < -0.4 is 5.32 Å². The molecule has 0 aromatic carbocycles. The normalized spacial score (nSPS) is 28.7. The Kier molecular flexibility index (Phi) is 5.11. The standard InChI is InChI=1S/C14H28N2/c1-2-3-4-10-16-11-7-14(12-16)13-5-8-15-9-6-13/h13-15H,2-12H2,1H3. The van der Waals surface area contributed by atoms with Gasteiger partial charge in [0.15, 0.2) is 0 Å². The van der Waals surface area contributed by atoms with E-state index in [2.05, 4.69) is 17.1 Å². The van der Waals surface area contributed by atoms with Gasteiger partial charge in [-0.2, -0.15) is 0 Å². The van der Waals surface area contributed by atoms with Crippen LogP contribution >= 0.6 is 0 Å². The van der Waals surface area contributed by atoms with Crippen LogP contribution in [0.3, 0.4) is 0 Å². The molecule has 94 valence electrons. The third-order valence-electron chi connectivity index (χ3n) is 4.44. The molecular weight excluding hydrogens is 196 g/mol. The van der Waals surface area contributed by atoms with Crippen molar-refractivity contribution in [1.29, 1.82) is 0 Å². The highest BCUT2D eigenvalue weighted by molar-refractivity contribution is 4.83. The molecule has 0 spiro atoms. The average molecular weight is 224 g/mol. The summed E-state index contributed by atoms with van der Waals surface area (Å²) in [5.74, 6) is 2.04. The van der Waals surface area contributed by atoms with Crippen molar-refractivity contribution in [2.24, 2.45) is 11.8 Å². The van der Waals surface area contributed by atoms with Gasteiger partial charge < -0.3 is 10.2 Å². The van der Waals surface area contributed by atoms with Crippen LogP contribution in [0.25, 0.3) is 0 Å². The number of likely N-dealkylation sites (tertiary alicyclic amines) is 1. The van der Waals surface area contributed by atoms with E-state index < -0.39 is 0 Å². The highest BCUT2D eigenvalue weighted by Crippen LogP contribution is 2.30. The highest BCUT2D eigenvalue weighted by atomic mass is 15.1. The van der Waals surface area contributed by atoms with Crippen molar-refractivity contribution in [3.05, 3.63) is 0 Å². The van der Waals surface area contributed by atoms with Crippen molar-refractivity contribution >= 4 is 0 Å². The van der Waals surface area contributed by atoms with Crippen molar-refractivity contribution < 1.29 is 0 Å². The summed E-state index contributed by atoms with van der Waals surface area (Å²) in [5, 5.41) is 3.48. The van der Waals surface area contributed by atoms with E-state index in [-0.39, 0.29) is 0 Å². The van der Waals surface area contributed by atoms with E-state index in [1.54, 1.807) is 0 Å². The summed E-state index contributed by atoms with van der Waals surface area (Å²) in [5.41, 5.74) is 0. The Morgan fingerprint density at radius 2 is 1.88 bits per heavy atom. The lowest BCUT2D eigenvalue weighted by atomic mass is 9.84. The summed E-state index contributed by atoms with van der Waals surface area (Å²) in [7, 11) is 0. The van der Waals surface area contributed by atoms with Crippen LogP contribution in [-0.2, 0) is 0 Å². The first-order chi connectivity index (χ1) is 7.90. The Balaban J connectivity index is 1.66. The molecule has 0 saturated carbocycles. The quantitative estimate of drug-likeness (QED) is 0.722. The number of nitrogens with zero attached hydrogens (tertiary/aromatic N) is 1. The molecule has 2 heterocycles. The van der Waals surface area contributed by atoms with Crippen LogP contribution in [0.2, 0.25) is 0 Å². The summed E-state index contributed by atoms with van der Waals surface area (Å²) < 4.78 is 0. The van der Waals surface area contributed by atoms with Crippen LogP contribution in [-0.4, -0.2) is 37.6 Å². The largest absolute Gasteiger partial charge is 0.317 e. The van der Waals surface area contributed by atoms with E-state index in [4.69, 9.17) is 0 Å². The lowest BCUT2D eigenvalue weighted by molar-refractivity contribution is 0.243. The maximum atomic E-state index is 3.48. The minimum atomic E-state index is 1.02. The zero-order valence-corrected chi connectivity index (χ0v) is 10.9. The number of hydrogen-bond acceptors (Lipinski definition) is 2. The molecule has 0 aliphatic carbocycles. The SMILES string of the molecule is CCCCCN1CCC(C2CCNCC2)C1. The Bertz CT molecular complexity index is 187. The molecule has 2 saturated heterocycles. The first kappa shape index (κ1) is 12.4. The predicted molar refractivity (Wildman–Crippen MR) is 69.7 cm³/mol. The fourth-order valence-corrected chi connectivity index (χ4v) is 3.35. The Labute approximate surface area is 101 Å². The van der Waals surface area contributed by atoms with Gasteiger partial charge in [-0.3, -0.25) is 0 Å². The van der Waals surface area contributed by atoms with Crippen LogP contribution in [0.4, 0.5) is 0 Å². The average Bonchev–Trinajstić information content (AvgIpc) is 2.79. The zero-order valence-electron chi connectivity index (χ0n) is 10.9. The topological polar surface area (TPSA) is 15.3 Å². The number of rotatable bonds is 5. The van der Waals surface area contributed by atoms with E-state index in [0.717, 1.165) is 11.8 Å². The second-order valence-electron chi connectivity index (χ2n) is 5.64. The summed E-state index contributed by atoms with van der Waals surface area (Å²) in [4.78, 5) is 2.71. The second-order valence-corrected chi connectivity index (χ2v) is 5.64. The molecule has 2 aliphatic rings. The minimum absolute atomic E-state index is 1.02. The molecule has 0 radical (unpaired) electrons. The fourth-order valence-electron chi connectivity index (χ4n) is 3.35. The van der Waals surface area contributed by atoms with Gasteiger partial charge >= 0.3 is 0 Å². The summed E-state index contributed by atoms with van der Waals surface area (Å²) in [6, 6.07) is 0. The van der Waals surface area contributed by atoms with Gasteiger partial charge in [-0.1, -0.05) is 19.8 Å². The van der Waals surface area contributed by atoms with Gasteiger partial charge in [0.2, 0.25) is 0 Å². The second kappa shape index (κ2) is 6.61. The van der Waals surface area contributed by atoms with E-state index in [1.165, 1.54) is 71.2 Å². The van der Waals surface area contributed by atoms with E-state index in [9.17, 15) is 0 Å². The molecule has 0 bridgehead atoms. The maximum absolute atomic E-state index is 3.48. The Hall–Kier alpha value is -0.0800. The molecule has 2 heteroatoms. The van der Waals surface area contributed by atoms with Gasteiger partial charge in [-0.05, 0) is 63.7 Å². The Morgan fingerprint density at radius 3 is 2.62 bits per heavy atom. The van der Waals surface area contributed by atoms with Gasteiger partial charge in [0, 0.05) is 6.54 Å². The fraction of sp³-hybridized carbons (Fsp3) is 1.00. The van der Waals surface area contributed by atoms with Crippen molar-refractivity contribution in [2.45, 2.75) is 45.4 Å². The van der Waals surface area contributed by atoms with E-state index in [0.29, 0.717) is 0 Å². The van der Waals surface area contributed by atoms with Crippen LogP contribution in [0, 0.1) is 11.8 Å². The number of hydrogen-bond donors (Lipinski definition) is 1. The molecule has 1 unspecified atom stereocenters. The summed E-state index contributed by atoms with van der Waals surface area (Å²) in [6.45, 7) is 8.94. The van der Waals surface area contributed by atoms with Gasteiger partial charge in [-0.15, -0.1) is 0 Å². The summed E-state index contributed by atoms with van der Waals surface area (Å²) >= 11 is 0. The van der Waals surface area contributed by atoms with Crippen molar-refractivity contribution in [3.8, 4) is 0 Å². The molecule has 2 rings (SSSR count). The Morgan fingerprint density at radius 1 is 1.06 bits per heavy atom. The number of piperidine rings is 1. The van der Waals surface area contributed by atoms with Crippen LogP contribution in [0.15, 0.2) is 0 Å². The van der Waals surface area contributed by atoms with Crippen LogP contribution in [0.5, 0.6) is 0 Å². The smallest absolute Gasteiger partial charge is 0.00128 e. The third kappa shape index (κ3) is 3.46. The first-order valence-electron chi connectivity index (χ1n) is 7.33. The molecule has 0 aromatic heterocycles. The molecule has 0 amide bonds. The van der Waals surface area contributed by atoms with E-state index in [1.807, 2.05) is 0 Å². The maximum Gasteiger partial charge on any atom is 0.00128 e. The van der Waals surface area contributed by atoms with Crippen molar-refractivity contribution in [1.82, 2.24) is 10.2 Å². The highest BCUT2D eigenvalue weighted by Gasteiger charge is 2.29. The predicted octanol–water partition coefficient (Wildman–Crippen LogP) is 2.50. The summed E-state index contributed by atoms with van der Waals surface area (Å²) in [6.07, 6.45) is 8.49. The van der Waals surface area contributed by atoms with Crippen LogP contribution in [0.1, 0.15) is 45.4 Å². The molecule has 16 heavy (non-hydrogen) atoms. The van der Waals surface area contributed by atoms with Gasteiger partial charge in [0.1, 0.15) is 0 Å². The molecule has 2 fully saturated rings. The lowest BCUT2D eigenvalue weighted by Gasteiger charge is -2.28. The molecule has 0 aromatic rings. The van der Waals surface area contributed by atoms with E-state index >= 15 is 0 Å². The van der Waals surface area contributed by atoms with Gasteiger partial charge in [0.05, 0.1) is 0 Å². The zero-order chi connectivity index (χ0) is 11.2.